The molecule has 28 heteroatoms. The van der Waals surface area contributed by atoms with Gasteiger partial charge in [-0.15, -0.1) is 0 Å². The van der Waals surface area contributed by atoms with Gasteiger partial charge in [-0.05, 0) is 67.2 Å². The molecule has 104 heavy (non-hydrogen) atoms. The van der Waals surface area contributed by atoms with Gasteiger partial charge in [0, 0.05) is 169 Å². The van der Waals surface area contributed by atoms with Crippen LogP contribution in [-0.2, 0) is 51.6 Å². The average molecular weight is 1400 g/mol. The number of carbonyl (C=O) groups is 5. The maximum absolute atomic E-state index is 13.0. The fraction of sp³-hybridized carbons (Fsp3) is 0.342. The summed E-state index contributed by atoms with van der Waals surface area (Å²) >= 11 is 0. The van der Waals surface area contributed by atoms with Gasteiger partial charge in [0.1, 0.15) is 45.7 Å². The standard InChI is InChI=1S/C20H15N5O2.C19H17N5O3S.C19H17N5O.C18H13N5O/c21-7-11-8-24(9-11)19(27)20(4-5-20)25-10-14-17(23-25)12-3-6-22-15-2-1-13(16(12)15)18(14)26;1-2-28(26,27)23-10-19(11-23,6-7-20)24-9-14-17(22-24)12-5-8-21-15-4-3-13(16(12)15)18(14)25;20-8-7-15(11-3-1-2-4-11)24-9-13-17(23-24)18-16-12(19(13)25)5-6-14(16)21-10-22-18;1-10-12-2-3-15-16(12)13(4-5-20-15)17-14(10)9-23(21-17)18(24)22-7-11(6-19)8-22/h1,3,6,10-11H,2,4-5,8-9H2;3,5,8-9H,2,4,6,10-11H2,1H3;5,9-11,15H,1-4,6-7H2;2,4-5,9,11H,1,3,7-8H2. The van der Waals surface area contributed by atoms with Crippen molar-refractivity contribution in [2.45, 2.75) is 101 Å². The number of ketones is 3. The minimum atomic E-state index is -3.33. The summed E-state index contributed by atoms with van der Waals surface area (Å²) in [4.78, 5) is 89.7. The second-order valence-electron chi connectivity index (χ2n) is 28.5. The van der Waals surface area contributed by atoms with Crippen molar-refractivity contribution in [2.75, 3.05) is 45.0 Å². The first-order valence-corrected chi connectivity index (χ1v) is 36.5. The lowest BCUT2D eigenvalue weighted by Crippen LogP contribution is -2.64. The fourth-order valence-corrected chi connectivity index (χ4v) is 18.1. The Morgan fingerprint density at radius 3 is 1.79 bits per heavy atom. The summed E-state index contributed by atoms with van der Waals surface area (Å²) < 4.78 is 32.2. The van der Waals surface area contributed by atoms with E-state index >= 15 is 0 Å². The zero-order valence-corrected chi connectivity index (χ0v) is 57.1. The highest BCUT2D eigenvalue weighted by molar-refractivity contribution is 7.89. The maximum atomic E-state index is 13.0. The predicted octanol–water partition coefficient (Wildman–Crippen LogP) is 6.78. The summed E-state index contributed by atoms with van der Waals surface area (Å²) in [6.07, 6.45) is 31.1. The Kier molecular flexibility index (Phi) is 14.6. The van der Waals surface area contributed by atoms with E-state index in [2.05, 4.69) is 72.0 Å². The van der Waals surface area contributed by atoms with Crippen molar-refractivity contribution in [3.05, 3.63) is 153 Å². The molecule has 11 heterocycles. The van der Waals surface area contributed by atoms with Gasteiger partial charge in [0.2, 0.25) is 10.0 Å². The molecule has 2 saturated carbocycles. The number of aromatic nitrogens is 13. The molecule has 0 spiro atoms. The Labute approximate surface area is 593 Å². The number of carbonyl (C=O) groups excluding carboxylic acids is 5. The van der Waals surface area contributed by atoms with Crippen LogP contribution in [0.15, 0.2) is 86.1 Å². The topological polar surface area (TPSA) is 360 Å². The third kappa shape index (κ3) is 9.61. The van der Waals surface area contributed by atoms with Crippen LogP contribution >= 0.6 is 0 Å². The Balaban J connectivity index is 0.0000000989. The molecular weight excluding hydrogens is 1340 g/mol. The first kappa shape index (κ1) is 64.0. The largest absolute Gasteiger partial charge is 0.344 e. The first-order valence-electron chi connectivity index (χ1n) is 34.9. The van der Waals surface area contributed by atoms with Crippen molar-refractivity contribution in [2.24, 2.45) is 17.8 Å². The van der Waals surface area contributed by atoms with E-state index in [9.17, 15) is 42.9 Å². The third-order valence-corrected chi connectivity index (χ3v) is 24.5. The third-order valence-electron chi connectivity index (χ3n) is 22.7. The summed E-state index contributed by atoms with van der Waals surface area (Å²) in [5.74, 6) is 0.228. The molecule has 1 atom stereocenters. The van der Waals surface area contributed by atoms with E-state index in [1.165, 1.54) is 21.8 Å². The van der Waals surface area contributed by atoms with Gasteiger partial charge in [0.05, 0.1) is 100 Å². The van der Waals surface area contributed by atoms with Crippen molar-refractivity contribution in [3.63, 3.8) is 0 Å². The van der Waals surface area contributed by atoms with Gasteiger partial charge in [-0.3, -0.25) is 48.2 Å². The van der Waals surface area contributed by atoms with Crippen LogP contribution in [0.2, 0.25) is 0 Å². The van der Waals surface area contributed by atoms with Gasteiger partial charge in [-0.25, -0.2) is 23.2 Å². The van der Waals surface area contributed by atoms with Crippen molar-refractivity contribution < 1.29 is 32.4 Å². The lowest BCUT2D eigenvalue weighted by atomic mass is 9.87. The molecule has 12 aliphatic rings. The minimum Gasteiger partial charge on any atom is -0.338 e. The first-order chi connectivity index (χ1) is 50.5. The number of sulfonamides is 1. The highest BCUT2D eigenvalue weighted by Gasteiger charge is 2.57. The highest BCUT2D eigenvalue weighted by atomic mass is 32.2. The van der Waals surface area contributed by atoms with Gasteiger partial charge < -0.3 is 9.80 Å². The Hall–Kier alpha value is -12.1. The molecule has 5 fully saturated rings. The number of rotatable bonds is 9. The van der Waals surface area contributed by atoms with Gasteiger partial charge in [0.15, 0.2) is 17.3 Å². The van der Waals surface area contributed by atoms with E-state index in [4.69, 9.17) is 20.7 Å². The normalized spacial score (nSPS) is 19.1. The van der Waals surface area contributed by atoms with Gasteiger partial charge >= 0.3 is 6.03 Å². The smallest absolute Gasteiger partial charge is 0.338 e. The lowest BCUT2D eigenvalue weighted by molar-refractivity contribution is -0.141. The van der Waals surface area contributed by atoms with Crippen LogP contribution in [0.5, 0.6) is 0 Å². The molecule has 27 nitrogen and oxygen atoms in total. The number of allylic oxidation sites excluding steroid dienone is 6. The molecule has 2 amide bonds. The van der Waals surface area contributed by atoms with E-state index in [0.717, 1.165) is 108 Å². The summed E-state index contributed by atoms with van der Waals surface area (Å²) in [7, 11) is -3.33. The number of hydrogen-bond acceptors (Lipinski definition) is 20. The maximum Gasteiger partial charge on any atom is 0.344 e. The van der Waals surface area contributed by atoms with Crippen molar-refractivity contribution in [1.29, 1.82) is 21.0 Å². The van der Waals surface area contributed by atoms with Crippen molar-refractivity contribution in [1.82, 2.24) is 78.1 Å². The van der Waals surface area contributed by atoms with E-state index in [1.54, 1.807) is 69.6 Å². The number of Topliss-reactive ketones (excluding diaryl/α,β-unsaturated/α-hetero) is 3. The summed E-state index contributed by atoms with van der Waals surface area (Å²) in [6, 6.07) is 14.4. The summed E-state index contributed by atoms with van der Waals surface area (Å²) in [5, 5.41) is 60.0. The number of benzene rings is 1. The van der Waals surface area contributed by atoms with Crippen LogP contribution in [0.3, 0.4) is 0 Å². The number of pyridine rings is 3. The van der Waals surface area contributed by atoms with E-state index < -0.39 is 21.1 Å². The van der Waals surface area contributed by atoms with Crippen LogP contribution in [0.1, 0.15) is 135 Å². The molecule has 1 unspecified atom stereocenters. The van der Waals surface area contributed by atoms with Crippen LogP contribution < -0.4 is 10.4 Å². The molecule has 3 saturated heterocycles. The predicted molar refractivity (Wildman–Crippen MR) is 375 cm³/mol. The number of amides is 2. The number of nitriles is 4. The van der Waals surface area contributed by atoms with E-state index in [0.29, 0.717) is 121 Å². The number of likely N-dealkylation sites (tertiary alicyclic amines) is 2. The van der Waals surface area contributed by atoms with E-state index in [1.807, 2.05) is 47.3 Å². The van der Waals surface area contributed by atoms with Gasteiger partial charge in [0.25, 0.3) is 5.91 Å². The zero-order valence-electron chi connectivity index (χ0n) is 56.3. The van der Waals surface area contributed by atoms with Crippen LogP contribution in [0, 0.1) is 63.1 Å². The molecule has 514 valence electrons. The molecule has 8 aromatic heterocycles. The quantitative estimate of drug-likeness (QED) is 0.144. The number of nitrogens with zero attached hydrogens (tertiary/aromatic N) is 20. The van der Waals surface area contributed by atoms with Crippen LogP contribution in [-0.4, -0.2) is 161 Å². The molecule has 9 aromatic rings. The molecule has 9 aliphatic carbocycles. The Morgan fingerprint density at radius 2 is 1.18 bits per heavy atom. The molecule has 0 N–H and O–H groups in total. The number of hydrogen-bond donors (Lipinski definition) is 0. The molecular formula is C76H62N20O7S. The lowest BCUT2D eigenvalue weighted by Gasteiger charge is -2.47. The fourth-order valence-electron chi connectivity index (χ4n) is 16.9. The second kappa shape index (κ2) is 23.7. The molecule has 3 aliphatic heterocycles. The summed E-state index contributed by atoms with van der Waals surface area (Å²) in [5.41, 5.74) is 13.8. The summed E-state index contributed by atoms with van der Waals surface area (Å²) in [6.45, 7) is 8.08. The van der Waals surface area contributed by atoms with Gasteiger partial charge in [-0.2, -0.15) is 50.4 Å². The zero-order chi connectivity index (χ0) is 71.4. The molecule has 0 radical (unpaired) electrons. The minimum absolute atomic E-state index is 0.00410. The van der Waals surface area contributed by atoms with Crippen molar-refractivity contribution in [3.8, 4) is 58.2 Å². The molecule has 1 aromatic carbocycles. The van der Waals surface area contributed by atoms with E-state index in [-0.39, 0.29) is 72.4 Å². The average Bonchev–Trinajstić information content (AvgIpc) is 1.51. The second-order valence-corrected chi connectivity index (χ2v) is 30.8. The van der Waals surface area contributed by atoms with Crippen LogP contribution in [0.4, 0.5) is 4.79 Å². The highest BCUT2D eigenvalue weighted by Crippen LogP contribution is 2.51. The Bertz CT molecular complexity index is 5930. The molecule has 21 rings (SSSR count). The SMILES string of the molecule is C=c1c2c3c(nccc3c3nn(C(=O)N4CC(C#N)C4)cc13)CC=2.CCS(=O)(=O)N1CC(CC#N)(n2cc3c(n2)-c2ccnc4c2C(=CC4)C3=O)C1.N#CC1CN(C(=O)C2(n3cc4c(n3)-c3ccnc5c3C(=CC5)C4=O)CC2)C1.N#CCC(C1CCCC1)n1cc2c(n1)-c1ncnc3c1C(=CC3)C2=O. The van der Waals surface area contributed by atoms with Crippen LogP contribution in [0.25, 0.3) is 85.0 Å². The Morgan fingerprint density at radius 1 is 0.615 bits per heavy atom. The monoisotopic (exact) mass is 1400 g/mol. The molecule has 0 bridgehead atoms. The van der Waals surface area contributed by atoms with Crippen molar-refractivity contribution >= 4 is 90.4 Å². The van der Waals surface area contributed by atoms with Gasteiger partial charge in [-0.1, -0.05) is 43.7 Å². The number of fused-ring (bicyclic) bond motifs is 8.